The van der Waals surface area contributed by atoms with Gasteiger partial charge in [-0.25, -0.2) is 0 Å². The van der Waals surface area contributed by atoms with Gasteiger partial charge < -0.3 is 10.2 Å². The van der Waals surface area contributed by atoms with Gasteiger partial charge in [-0.1, -0.05) is 115 Å². The topological polar surface area (TPSA) is 49.4 Å². The van der Waals surface area contributed by atoms with Crippen molar-refractivity contribution < 1.29 is 9.59 Å². The Kier molecular flexibility index (Phi) is 10.4. The lowest BCUT2D eigenvalue weighted by Gasteiger charge is -2.32. The molecule has 202 valence electrons. The molecule has 0 aromatic heterocycles. The Morgan fingerprint density at radius 1 is 0.846 bits per heavy atom. The predicted molar refractivity (Wildman–Crippen MR) is 161 cm³/mol. The Morgan fingerprint density at radius 3 is 2.26 bits per heavy atom. The number of halogens is 2. The van der Waals surface area contributed by atoms with Gasteiger partial charge in [0, 0.05) is 41.5 Å². The van der Waals surface area contributed by atoms with Crippen LogP contribution >= 0.6 is 23.2 Å². The maximum Gasteiger partial charge on any atom is 0.243 e. The van der Waals surface area contributed by atoms with Crippen molar-refractivity contribution in [3.63, 3.8) is 0 Å². The van der Waals surface area contributed by atoms with Crippen molar-refractivity contribution in [1.82, 2.24) is 10.2 Å². The first kappa shape index (κ1) is 28.7. The molecule has 0 heterocycles. The number of carbonyl (C=O) groups excluding carboxylic acids is 2. The fourth-order valence-electron chi connectivity index (χ4n) is 4.81. The first-order chi connectivity index (χ1) is 19.0. The van der Waals surface area contributed by atoms with Gasteiger partial charge in [-0.05, 0) is 46.9 Å². The first-order valence-electron chi connectivity index (χ1n) is 13.5. The molecule has 0 fully saturated rings. The lowest BCUT2D eigenvalue weighted by Crippen LogP contribution is -2.50. The fourth-order valence-corrected chi connectivity index (χ4v) is 5.33. The SMILES string of the molecule is CCCCNC(=O)C(Cc1ccccc1)N(Cc1c(Cl)cccc1Cl)C(=O)CCc1cccc2ccccc12. The highest BCUT2D eigenvalue weighted by atomic mass is 35.5. The number of amides is 2. The Balaban J connectivity index is 1.66. The minimum absolute atomic E-state index is 0.120. The van der Waals surface area contributed by atoms with Crippen LogP contribution in [0, 0.1) is 0 Å². The van der Waals surface area contributed by atoms with Crippen molar-refractivity contribution in [2.45, 2.75) is 51.6 Å². The Labute approximate surface area is 240 Å². The summed E-state index contributed by atoms with van der Waals surface area (Å²) in [6.07, 6.45) is 3.04. The number of unbranched alkanes of at least 4 members (excludes halogenated alkanes) is 1. The summed E-state index contributed by atoms with van der Waals surface area (Å²) >= 11 is 13.1. The van der Waals surface area contributed by atoms with Crippen molar-refractivity contribution in [1.29, 1.82) is 0 Å². The van der Waals surface area contributed by atoms with E-state index in [2.05, 4.69) is 36.5 Å². The molecular weight excluding hydrogens is 527 g/mol. The van der Waals surface area contributed by atoms with E-state index in [1.54, 1.807) is 23.1 Å². The minimum atomic E-state index is -0.711. The van der Waals surface area contributed by atoms with Crippen LogP contribution in [0.3, 0.4) is 0 Å². The van der Waals surface area contributed by atoms with Gasteiger partial charge in [0.1, 0.15) is 6.04 Å². The van der Waals surface area contributed by atoms with E-state index in [9.17, 15) is 9.59 Å². The van der Waals surface area contributed by atoms with Crippen LogP contribution in [0.15, 0.2) is 91.0 Å². The number of nitrogens with one attached hydrogen (secondary N) is 1. The molecular formula is C33H34Cl2N2O2. The van der Waals surface area contributed by atoms with Gasteiger partial charge in [0.15, 0.2) is 0 Å². The van der Waals surface area contributed by atoms with Crippen molar-refractivity contribution >= 4 is 45.8 Å². The lowest BCUT2D eigenvalue weighted by atomic mass is 9.99. The molecule has 6 heteroatoms. The molecule has 4 nitrogen and oxygen atoms in total. The number of nitrogens with zero attached hydrogens (tertiary/aromatic N) is 1. The average molecular weight is 562 g/mol. The van der Waals surface area contributed by atoms with Crippen LogP contribution in [0.25, 0.3) is 10.8 Å². The van der Waals surface area contributed by atoms with Gasteiger partial charge in [-0.2, -0.15) is 0 Å². The van der Waals surface area contributed by atoms with E-state index in [1.165, 1.54) is 0 Å². The summed E-state index contributed by atoms with van der Waals surface area (Å²) in [6, 6.07) is 28.7. The van der Waals surface area contributed by atoms with E-state index in [0.29, 0.717) is 35.0 Å². The highest BCUT2D eigenvalue weighted by Gasteiger charge is 2.31. The smallest absolute Gasteiger partial charge is 0.243 e. The maximum atomic E-state index is 14.0. The highest BCUT2D eigenvalue weighted by Crippen LogP contribution is 2.28. The zero-order valence-corrected chi connectivity index (χ0v) is 23.7. The van der Waals surface area contributed by atoms with Gasteiger partial charge in [0.05, 0.1) is 0 Å². The number of hydrogen-bond donors (Lipinski definition) is 1. The molecule has 0 spiro atoms. The molecule has 4 rings (SSSR count). The number of fused-ring (bicyclic) bond motifs is 1. The van der Waals surface area contributed by atoms with Crippen LogP contribution < -0.4 is 5.32 Å². The second-order valence-corrected chi connectivity index (χ2v) is 10.5. The van der Waals surface area contributed by atoms with Gasteiger partial charge in [0.25, 0.3) is 0 Å². The summed E-state index contributed by atoms with van der Waals surface area (Å²) in [5.41, 5.74) is 2.72. The van der Waals surface area contributed by atoms with Crippen LogP contribution in [0.4, 0.5) is 0 Å². The molecule has 1 unspecified atom stereocenters. The molecule has 0 saturated heterocycles. The normalized spacial score (nSPS) is 11.8. The summed E-state index contributed by atoms with van der Waals surface area (Å²) in [6.45, 7) is 2.78. The molecule has 0 saturated carbocycles. The third-order valence-corrected chi connectivity index (χ3v) is 7.69. The minimum Gasteiger partial charge on any atom is -0.354 e. The number of hydrogen-bond acceptors (Lipinski definition) is 2. The van der Waals surface area contributed by atoms with Gasteiger partial charge in [0.2, 0.25) is 11.8 Å². The Bertz CT molecular complexity index is 1380. The first-order valence-corrected chi connectivity index (χ1v) is 14.2. The summed E-state index contributed by atoms with van der Waals surface area (Å²) in [5.74, 6) is -0.292. The van der Waals surface area contributed by atoms with Crippen molar-refractivity contribution in [2.75, 3.05) is 6.54 Å². The largest absolute Gasteiger partial charge is 0.354 e. The number of carbonyl (C=O) groups is 2. The van der Waals surface area contributed by atoms with E-state index >= 15 is 0 Å². The van der Waals surface area contributed by atoms with E-state index in [-0.39, 0.29) is 24.8 Å². The number of benzene rings is 4. The van der Waals surface area contributed by atoms with Crippen LogP contribution in [0.5, 0.6) is 0 Å². The molecule has 0 aliphatic rings. The second-order valence-electron chi connectivity index (χ2n) is 9.71. The third-order valence-electron chi connectivity index (χ3n) is 6.98. The number of rotatable bonds is 12. The standard InChI is InChI=1S/C33H34Cl2N2O2/c1-2-3-21-36-33(39)31(22-24-11-5-4-6-12-24)37(23-28-29(34)17-10-18-30(28)35)32(38)20-19-26-15-9-14-25-13-7-8-16-27(25)26/h4-18,31H,2-3,19-23H2,1H3,(H,36,39). The number of aryl methyl sites for hydroxylation is 1. The van der Waals surface area contributed by atoms with E-state index in [4.69, 9.17) is 23.2 Å². The molecule has 0 aliphatic carbocycles. The zero-order chi connectivity index (χ0) is 27.6. The molecule has 1 N–H and O–H groups in total. The zero-order valence-electron chi connectivity index (χ0n) is 22.2. The lowest BCUT2D eigenvalue weighted by molar-refractivity contribution is -0.141. The summed E-state index contributed by atoms with van der Waals surface area (Å²) in [7, 11) is 0. The quantitative estimate of drug-likeness (QED) is 0.181. The van der Waals surface area contributed by atoms with E-state index in [0.717, 1.165) is 34.7 Å². The van der Waals surface area contributed by atoms with E-state index in [1.807, 2.05) is 48.5 Å². The van der Waals surface area contributed by atoms with Gasteiger partial charge >= 0.3 is 0 Å². The summed E-state index contributed by atoms with van der Waals surface area (Å²) in [5, 5.41) is 6.27. The predicted octanol–water partition coefficient (Wildman–Crippen LogP) is 7.64. The monoisotopic (exact) mass is 560 g/mol. The van der Waals surface area contributed by atoms with Crippen LogP contribution in [0.2, 0.25) is 10.0 Å². The molecule has 0 aliphatic heterocycles. The molecule has 2 amide bonds. The Hall–Kier alpha value is -3.34. The van der Waals surface area contributed by atoms with Crippen LogP contribution in [-0.2, 0) is 29.0 Å². The molecule has 39 heavy (non-hydrogen) atoms. The average Bonchev–Trinajstić information content (AvgIpc) is 2.95. The maximum absolute atomic E-state index is 14.0. The molecule has 0 radical (unpaired) electrons. The van der Waals surface area contributed by atoms with Gasteiger partial charge in [-0.15, -0.1) is 0 Å². The van der Waals surface area contributed by atoms with E-state index < -0.39 is 6.04 Å². The Morgan fingerprint density at radius 2 is 1.51 bits per heavy atom. The third kappa shape index (κ3) is 7.62. The van der Waals surface area contributed by atoms with Gasteiger partial charge in [-0.3, -0.25) is 9.59 Å². The fraction of sp³-hybridized carbons (Fsp3) is 0.273. The summed E-state index contributed by atoms with van der Waals surface area (Å²) in [4.78, 5) is 29.3. The van der Waals surface area contributed by atoms with Crippen molar-refractivity contribution in [3.05, 3.63) is 118 Å². The van der Waals surface area contributed by atoms with Crippen molar-refractivity contribution in [2.24, 2.45) is 0 Å². The second kappa shape index (κ2) is 14.2. The summed E-state index contributed by atoms with van der Waals surface area (Å²) < 4.78 is 0. The van der Waals surface area contributed by atoms with Crippen LogP contribution in [-0.4, -0.2) is 29.3 Å². The van der Waals surface area contributed by atoms with Crippen LogP contribution in [0.1, 0.15) is 42.9 Å². The van der Waals surface area contributed by atoms with Crippen molar-refractivity contribution in [3.8, 4) is 0 Å². The molecule has 4 aromatic rings. The highest BCUT2D eigenvalue weighted by molar-refractivity contribution is 6.36. The molecule has 4 aromatic carbocycles. The molecule has 1 atom stereocenters. The molecule has 0 bridgehead atoms.